The van der Waals surface area contributed by atoms with Crippen LogP contribution in [0.4, 0.5) is 0 Å². The van der Waals surface area contributed by atoms with E-state index in [9.17, 15) is 4.79 Å². The number of unbranched alkanes of at least 4 members (excludes halogenated alkanes) is 1. The number of rotatable bonds is 6. The normalized spacial score (nSPS) is 12.2. The molecule has 0 heterocycles. The van der Waals surface area contributed by atoms with Gasteiger partial charge in [0.25, 0.3) is 0 Å². The number of carbonyl (C=O) groups is 1. The van der Waals surface area contributed by atoms with Crippen LogP contribution in [0.2, 0.25) is 0 Å². The average Bonchev–Trinajstić information content (AvgIpc) is 2.15. The van der Waals surface area contributed by atoms with E-state index in [1.54, 1.807) is 4.90 Å². The summed E-state index contributed by atoms with van der Waals surface area (Å²) >= 11 is 5.59. The molecule has 3 heteroatoms. The molecule has 0 aromatic rings. The molecule has 0 aliphatic carbocycles. The highest BCUT2D eigenvalue weighted by atomic mass is 35.5. The van der Waals surface area contributed by atoms with Crippen LogP contribution in [0.5, 0.6) is 0 Å². The van der Waals surface area contributed by atoms with Crippen LogP contribution in [-0.4, -0.2) is 30.3 Å². The van der Waals surface area contributed by atoms with Gasteiger partial charge in [0.15, 0.2) is 0 Å². The van der Waals surface area contributed by atoms with Crippen LogP contribution in [0.15, 0.2) is 12.7 Å². The molecule has 0 saturated carbocycles. The van der Waals surface area contributed by atoms with Crippen molar-refractivity contribution >= 4 is 17.5 Å². The molecule has 1 amide bonds. The summed E-state index contributed by atoms with van der Waals surface area (Å²) in [7, 11) is 1.81. The first-order valence-electron chi connectivity index (χ1n) is 4.55. The summed E-state index contributed by atoms with van der Waals surface area (Å²) in [4.78, 5) is 13.2. The van der Waals surface area contributed by atoms with Gasteiger partial charge in [0, 0.05) is 25.4 Å². The van der Waals surface area contributed by atoms with Gasteiger partial charge in [0.1, 0.15) is 0 Å². The van der Waals surface area contributed by atoms with Gasteiger partial charge in [0.05, 0.1) is 0 Å². The summed E-state index contributed by atoms with van der Waals surface area (Å²) in [6, 6.07) is 0. The smallest absolute Gasteiger partial charge is 0.226 e. The van der Waals surface area contributed by atoms with Crippen molar-refractivity contribution in [2.45, 2.75) is 19.8 Å². The zero-order valence-electron chi connectivity index (χ0n) is 8.42. The third kappa shape index (κ3) is 4.94. The standard InChI is InChI=1S/C10H18ClNO/c1-4-5-6-7-12(3)10(13)9(2)8-11/h4,9H,1,5-8H2,2-3H3. The molecule has 0 saturated heterocycles. The molecule has 0 rings (SSSR count). The fraction of sp³-hybridized carbons (Fsp3) is 0.700. The average molecular weight is 204 g/mol. The van der Waals surface area contributed by atoms with Gasteiger partial charge < -0.3 is 4.90 Å². The third-order valence-electron chi connectivity index (χ3n) is 1.93. The van der Waals surface area contributed by atoms with Gasteiger partial charge >= 0.3 is 0 Å². The molecule has 0 aliphatic rings. The molecule has 0 N–H and O–H groups in total. The first kappa shape index (κ1) is 12.5. The van der Waals surface area contributed by atoms with E-state index in [1.807, 2.05) is 20.0 Å². The van der Waals surface area contributed by atoms with Crippen molar-refractivity contribution in [1.29, 1.82) is 0 Å². The molecule has 0 bridgehead atoms. The zero-order valence-corrected chi connectivity index (χ0v) is 9.18. The highest BCUT2D eigenvalue weighted by Crippen LogP contribution is 2.04. The lowest BCUT2D eigenvalue weighted by atomic mass is 10.2. The number of amides is 1. The van der Waals surface area contributed by atoms with Crippen LogP contribution in [0, 0.1) is 5.92 Å². The first-order valence-corrected chi connectivity index (χ1v) is 5.08. The Labute approximate surface area is 85.6 Å². The Bertz CT molecular complexity index is 170. The van der Waals surface area contributed by atoms with Crippen LogP contribution in [-0.2, 0) is 4.79 Å². The van der Waals surface area contributed by atoms with Gasteiger partial charge in [-0.05, 0) is 12.8 Å². The number of alkyl halides is 1. The van der Waals surface area contributed by atoms with E-state index < -0.39 is 0 Å². The van der Waals surface area contributed by atoms with Crippen molar-refractivity contribution in [2.24, 2.45) is 5.92 Å². The molecule has 1 atom stereocenters. The summed E-state index contributed by atoms with van der Waals surface area (Å²) in [5.41, 5.74) is 0. The Morgan fingerprint density at radius 2 is 2.31 bits per heavy atom. The Kier molecular flexibility index (Phi) is 6.69. The van der Waals surface area contributed by atoms with Crippen molar-refractivity contribution in [3.8, 4) is 0 Å². The monoisotopic (exact) mass is 203 g/mol. The van der Waals surface area contributed by atoms with Crippen LogP contribution in [0.3, 0.4) is 0 Å². The lowest BCUT2D eigenvalue weighted by Crippen LogP contribution is -2.33. The second-order valence-corrected chi connectivity index (χ2v) is 3.55. The summed E-state index contributed by atoms with van der Waals surface area (Å²) in [6.45, 7) is 6.26. The maximum atomic E-state index is 11.5. The first-order chi connectivity index (χ1) is 6.13. The Balaban J connectivity index is 3.75. The molecule has 1 unspecified atom stereocenters. The number of halogens is 1. The minimum absolute atomic E-state index is 0.0737. The van der Waals surface area contributed by atoms with Gasteiger partial charge in [-0.25, -0.2) is 0 Å². The van der Waals surface area contributed by atoms with E-state index in [4.69, 9.17) is 11.6 Å². The van der Waals surface area contributed by atoms with E-state index in [2.05, 4.69) is 6.58 Å². The van der Waals surface area contributed by atoms with Crippen molar-refractivity contribution in [3.63, 3.8) is 0 Å². The highest BCUT2D eigenvalue weighted by Gasteiger charge is 2.15. The molecule has 0 aromatic carbocycles. The van der Waals surface area contributed by atoms with E-state index in [0.717, 1.165) is 19.4 Å². The number of hydrogen-bond donors (Lipinski definition) is 0. The molecule has 2 nitrogen and oxygen atoms in total. The zero-order chi connectivity index (χ0) is 10.3. The molecule has 0 aliphatic heterocycles. The number of carbonyl (C=O) groups excluding carboxylic acids is 1. The second-order valence-electron chi connectivity index (χ2n) is 3.25. The minimum atomic E-state index is -0.0737. The predicted octanol–water partition coefficient (Wildman–Crippen LogP) is 2.29. The molecular formula is C10H18ClNO. The van der Waals surface area contributed by atoms with Gasteiger partial charge in [-0.3, -0.25) is 4.79 Å². The molecule has 76 valence electrons. The van der Waals surface area contributed by atoms with Crippen LogP contribution in [0.1, 0.15) is 19.8 Å². The molecule has 0 radical (unpaired) electrons. The second kappa shape index (κ2) is 6.96. The maximum absolute atomic E-state index is 11.5. The topological polar surface area (TPSA) is 20.3 Å². The van der Waals surface area contributed by atoms with E-state index in [-0.39, 0.29) is 11.8 Å². The quantitative estimate of drug-likeness (QED) is 0.369. The molecule has 0 spiro atoms. The fourth-order valence-electron chi connectivity index (χ4n) is 1.03. The van der Waals surface area contributed by atoms with E-state index in [1.165, 1.54) is 0 Å². The van der Waals surface area contributed by atoms with Crippen LogP contribution in [0.25, 0.3) is 0 Å². The molecule has 0 fully saturated rings. The number of allylic oxidation sites excluding steroid dienone is 1. The minimum Gasteiger partial charge on any atom is -0.345 e. The Hall–Kier alpha value is -0.500. The number of nitrogens with zero attached hydrogens (tertiary/aromatic N) is 1. The predicted molar refractivity (Wildman–Crippen MR) is 57.0 cm³/mol. The van der Waals surface area contributed by atoms with Crippen molar-refractivity contribution in [3.05, 3.63) is 12.7 Å². The summed E-state index contributed by atoms with van der Waals surface area (Å²) in [6.07, 6.45) is 3.79. The SMILES string of the molecule is C=CCCCN(C)C(=O)C(C)CCl. The largest absolute Gasteiger partial charge is 0.345 e. The summed E-state index contributed by atoms with van der Waals surface area (Å²) < 4.78 is 0. The summed E-state index contributed by atoms with van der Waals surface area (Å²) in [5, 5.41) is 0. The maximum Gasteiger partial charge on any atom is 0.226 e. The van der Waals surface area contributed by atoms with Gasteiger partial charge in [-0.15, -0.1) is 18.2 Å². The van der Waals surface area contributed by atoms with Crippen molar-refractivity contribution < 1.29 is 4.79 Å². The van der Waals surface area contributed by atoms with E-state index >= 15 is 0 Å². The van der Waals surface area contributed by atoms with Crippen LogP contribution < -0.4 is 0 Å². The number of hydrogen-bond acceptors (Lipinski definition) is 1. The lowest BCUT2D eigenvalue weighted by Gasteiger charge is -2.19. The van der Waals surface area contributed by atoms with Gasteiger partial charge in [-0.2, -0.15) is 0 Å². The van der Waals surface area contributed by atoms with Crippen LogP contribution >= 0.6 is 11.6 Å². The Morgan fingerprint density at radius 3 is 2.77 bits per heavy atom. The van der Waals surface area contributed by atoms with Crippen molar-refractivity contribution in [2.75, 3.05) is 19.5 Å². The summed E-state index contributed by atoms with van der Waals surface area (Å²) in [5.74, 6) is 0.444. The van der Waals surface area contributed by atoms with Gasteiger partial charge in [0.2, 0.25) is 5.91 Å². The fourth-order valence-corrected chi connectivity index (χ4v) is 1.16. The molecular weight excluding hydrogens is 186 g/mol. The molecule has 0 aromatic heterocycles. The van der Waals surface area contributed by atoms with E-state index in [0.29, 0.717) is 5.88 Å². The lowest BCUT2D eigenvalue weighted by molar-refractivity contribution is -0.133. The third-order valence-corrected chi connectivity index (χ3v) is 2.39. The van der Waals surface area contributed by atoms with Gasteiger partial charge in [-0.1, -0.05) is 13.0 Å². The van der Waals surface area contributed by atoms with Crippen molar-refractivity contribution in [1.82, 2.24) is 4.90 Å². The highest BCUT2D eigenvalue weighted by molar-refractivity contribution is 6.19. The Morgan fingerprint density at radius 1 is 1.69 bits per heavy atom. The molecule has 13 heavy (non-hydrogen) atoms.